The van der Waals surface area contributed by atoms with Crippen molar-refractivity contribution in [2.45, 2.75) is 30.4 Å². The van der Waals surface area contributed by atoms with E-state index >= 15 is 0 Å². The van der Waals surface area contributed by atoms with E-state index in [2.05, 4.69) is 15.5 Å². The van der Waals surface area contributed by atoms with Gasteiger partial charge in [0.15, 0.2) is 0 Å². The number of aryl methyl sites for hydroxylation is 1. The Kier molecular flexibility index (Phi) is 6.42. The summed E-state index contributed by atoms with van der Waals surface area (Å²) in [5.74, 6) is 0.168. The van der Waals surface area contributed by atoms with E-state index in [9.17, 15) is 13.2 Å². The van der Waals surface area contributed by atoms with Gasteiger partial charge in [-0.05, 0) is 31.0 Å². The number of carbonyl (C=O) groups is 1. The number of nitrogens with zero attached hydrogens (tertiary/aromatic N) is 3. The Morgan fingerprint density at radius 2 is 2.19 bits per heavy atom. The number of piperidine rings is 1. The molecule has 1 amide bonds. The van der Waals surface area contributed by atoms with E-state index in [4.69, 9.17) is 16.1 Å². The van der Waals surface area contributed by atoms with Crippen molar-refractivity contribution in [1.29, 1.82) is 0 Å². The summed E-state index contributed by atoms with van der Waals surface area (Å²) in [6.07, 6.45) is 1.82. The summed E-state index contributed by atoms with van der Waals surface area (Å²) in [4.78, 5) is 17.0. The van der Waals surface area contributed by atoms with Crippen LogP contribution < -0.4 is 5.32 Å². The largest absolute Gasteiger partial charge is 0.339 e. The molecule has 1 aliphatic heterocycles. The van der Waals surface area contributed by atoms with Crippen LogP contribution in [0.15, 0.2) is 44.4 Å². The highest BCUT2D eigenvalue weighted by molar-refractivity contribution is 7.91. The van der Waals surface area contributed by atoms with Crippen LogP contribution in [-0.2, 0) is 21.2 Å². The van der Waals surface area contributed by atoms with Crippen molar-refractivity contribution in [3.63, 3.8) is 0 Å². The summed E-state index contributed by atoms with van der Waals surface area (Å²) in [7, 11) is -3.74. The summed E-state index contributed by atoms with van der Waals surface area (Å²) < 4.78 is 33.1. The van der Waals surface area contributed by atoms with Gasteiger partial charge in [0.05, 0.1) is 16.6 Å². The van der Waals surface area contributed by atoms with Gasteiger partial charge in [0.1, 0.15) is 4.21 Å². The fourth-order valence-corrected chi connectivity index (χ4v) is 6.40. The molecule has 1 aromatic carbocycles. The molecule has 1 saturated heterocycles. The normalized spacial score (nSPS) is 17.5. The van der Waals surface area contributed by atoms with Gasteiger partial charge in [-0.15, -0.1) is 11.3 Å². The van der Waals surface area contributed by atoms with Gasteiger partial charge in [-0.25, -0.2) is 8.42 Å². The molecule has 0 unspecified atom stereocenters. The number of hydrogen-bond donors (Lipinski definition) is 1. The van der Waals surface area contributed by atoms with E-state index in [1.807, 2.05) is 6.92 Å². The smallest absolute Gasteiger partial charge is 0.252 e. The Hall–Kier alpha value is -2.27. The number of nitrogens with one attached hydrogen (secondary N) is 1. The SMILES string of the molecule is CCc1nc(-c2csc(S(=O)(=O)N3CCC[C@@H](C(=O)Nc4ccccc4Cl)C3)c2)no1. The van der Waals surface area contributed by atoms with Crippen molar-refractivity contribution in [3.05, 3.63) is 46.6 Å². The first-order valence-electron chi connectivity index (χ1n) is 9.85. The Labute approximate surface area is 189 Å². The summed E-state index contributed by atoms with van der Waals surface area (Å²) in [5, 5.41) is 8.84. The van der Waals surface area contributed by atoms with Crippen LogP contribution in [0.3, 0.4) is 0 Å². The predicted octanol–water partition coefficient (Wildman–Crippen LogP) is 4.05. The second kappa shape index (κ2) is 9.07. The van der Waals surface area contributed by atoms with Crippen LogP contribution >= 0.6 is 22.9 Å². The molecule has 164 valence electrons. The second-order valence-electron chi connectivity index (χ2n) is 7.19. The van der Waals surface area contributed by atoms with Crippen LogP contribution in [0, 0.1) is 5.92 Å². The van der Waals surface area contributed by atoms with Gasteiger partial charge in [-0.2, -0.15) is 9.29 Å². The number of hydrogen-bond acceptors (Lipinski definition) is 7. The van der Waals surface area contributed by atoms with Crippen LogP contribution in [0.25, 0.3) is 11.4 Å². The van der Waals surface area contributed by atoms with Crippen molar-refractivity contribution < 1.29 is 17.7 Å². The molecule has 11 heteroatoms. The molecule has 0 radical (unpaired) electrons. The van der Waals surface area contributed by atoms with Crippen molar-refractivity contribution in [3.8, 4) is 11.4 Å². The molecule has 4 rings (SSSR count). The molecule has 1 atom stereocenters. The lowest BCUT2D eigenvalue weighted by Gasteiger charge is -2.30. The quantitative estimate of drug-likeness (QED) is 0.570. The lowest BCUT2D eigenvalue weighted by Crippen LogP contribution is -2.43. The molecule has 31 heavy (non-hydrogen) atoms. The highest BCUT2D eigenvalue weighted by Gasteiger charge is 2.34. The van der Waals surface area contributed by atoms with E-state index < -0.39 is 15.9 Å². The first kappa shape index (κ1) is 21.9. The Morgan fingerprint density at radius 3 is 2.94 bits per heavy atom. The average Bonchev–Trinajstić information content (AvgIpc) is 3.45. The first-order chi connectivity index (χ1) is 14.9. The lowest BCUT2D eigenvalue weighted by atomic mass is 9.99. The molecule has 0 aliphatic carbocycles. The van der Waals surface area contributed by atoms with Gasteiger partial charge in [-0.1, -0.05) is 35.8 Å². The van der Waals surface area contributed by atoms with Crippen LogP contribution in [0.4, 0.5) is 5.69 Å². The molecule has 1 aliphatic rings. The minimum absolute atomic E-state index is 0.119. The van der Waals surface area contributed by atoms with Crippen molar-refractivity contribution in [2.24, 2.45) is 5.92 Å². The molecule has 1 N–H and O–H groups in total. The van der Waals surface area contributed by atoms with E-state index in [1.165, 1.54) is 4.31 Å². The molecule has 1 fully saturated rings. The molecule has 0 bridgehead atoms. The highest BCUT2D eigenvalue weighted by Crippen LogP contribution is 2.32. The lowest BCUT2D eigenvalue weighted by molar-refractivity contribution is -0.120. The number of benzene rings is 1. The number of anilines is 1. The zero-order valence-electron chi connectivity index (χ0n) is 16.7. The fourth-order valence-electron chi connectivity index (χ4n) is 3.38. The number of sulfonamides is 1. The molecular weight excluding hydrogens is 460 g/mol. The van der Waals surface area contributed by atoms with E-state index in [1.54, 1.807) is 35.7 Å². The third-order valence-corrected chi connectivity index (χ3v) is 8.69. The maximum atomic E-state index is 13.2. The molecule has 3 aromatic rings. The third kappa shape index (κ3) is 4.67. The average molecular weight is 481 g/mol. The van der Waals surface area contributed by atoms with Gasteiger partial charge < -0.3 is 9.84 Å². The maximum absolute atomic E-state index is 13.2. The summed E-state index contributed by atoms with van der Waals surface area (Å²) in [6.45, 7) is 2.39. The number of thiophene rings is 1. The zero-order chi connectivity index (χ0) is 22.0. The summed E-state index contributed by atoms with van der Waals surface area (Å²) in [6, 6.07) is 8.52. The third-order valence-electron chi connectivity index (χ3n) is 5.08. The Balaban J connectivity index is 1.48. The van der Waals surface area contributed by atoms with E-state index in [-0.39, 0.29) is 16.7 Å². The number of aromatic nitrogens is 2. The number of halogens is 1. The Bertz CT molecular complexity index is 1190. The predicted molar refractivity (Wildman–Crippen MR) is 119 cm³/mol. The fraction of sp³-hybridized carbons (Fsp3) is 0.350. The number of amides is 1. The molecule has 0 saturated carbocycles. The van der Waals surface area contributed by atoms with Gasteiger partial charge in [0, 0.05) is 30.5 Å². The molecule has 3 heterocycles. The van der Waals surface area contributed by atoms with Gasteiger partial charge in [0.25, 0.3) is 10.0 Å². The number of para-hydroxylation sites is 1. The molecule has 8 nitrogen and oxygen atoms in total. The van der Waals surface area contributed by atoms with Gasteiger partial charge in [0.2, 0.25) is 17.6 Å². The van der Waals surface area contributed by atoms with Crippen LogP contribution in [0.1, 0.15) is 25.7 Å². The summed E-state index contributed by atoms with van der Waals surface area (Å²) >= 11 is 7.22. The molecule has 0 spiro atoms. The molecular formula is C20H21ClN4O4S2. The Morgan fingerprint density at radius 1 is 1.39 bits per heavy atom. The standard InChI is InChI=1S/C20H21ClN4O4S2/c1-2-17-23-19(24-29-17)14-10-18(30-12-14)31(27,28)25-9-5-6-13(11-25)20(26)22-16-8-4-3-7-15(16)21/h3-4,7-8,10,12-13H,2,5-6,9,11H2,1H3,(H,22,26)/t13-/m1/s1. The maximum Gasteiger partial charge on any atom is 0.252 e. The topological polar surface area (TPSA) is 105 Å². The minimum Gasteiger partial charge on any atom is -0.339 e. The number of rotatable bonds is 6. The van der Waals surface area contributed by atoms with Crippen molar-refractivity contribution in [2.75, 3.05) is 18.4 Å². The van der Waals surface area contributed by atoms with Crippen LogP contribution in [0.2, 0.25) is 5.02 Å². The van der Waals surface area contributed by atoms with Crippen molar-refractivity contribution in [1.82, 2.24) is 14.4 Å². The summed E-state index contributed by atoms with van der Waals surface area (Å²) in [5.41, 5.74) is 1.11. The van der Waals surface area contributed by atoms with E-state index in [0.717, 1.165) is 11.3 Å². The van der Waals surface area contributed by atoms with Crippen molar-refractivity contribution >= 4 is 44.6 Å². The zero-order valence-corrected chi connectivity index (χ0v) is 19.1. The minimum atomic E-state index is -3.74. The van der Waals surface area contributed by atoms with E-state index in [0.29, 0.717) is 53.8 Å². The van der Waals surface area contributed by atoms with Crippen LogP contribution in [-0.4, -0.2) is 41.9 Å². The van der Waals surface area contributed by atoms with Gasteiger partial charge in [-0.3, -0.25) is 4.79 Å². The molecule has 2 aromatic heterocycles. The second-order valence-corrected chi connectivity index (χ2v) is 10.7. The monoisotopic (exact) mass is 480 g/mol. The van der Waals surface area contributed by atoms with Crippen LogP contribution in [0.5, 0.6) is 0 Å². The number of carbonyl (C=O) groups excluding carboxylic acids is 1. The highest BCUT2D eigenvalue weighted by atomic mass is 35.5. The first-order valence-corrected chi connectivity index (χ1v) is 12.5. The van der Waals surface area contributed by atoms with Gasteiger partial charge >= 0.3 is 0 Å².